The van der Waals surface area contributed by atoms with Crippen LogP contribution in [0.4, 0.5) is 0 Å². The van der Waals surface area contributed by atoms with Gasteiger partial charge in [-0.15, -0.1) is 0 Å². The summed E-state index contributed by atoms with van der Waals surface area (Å²) in [5.74, 6) is -0.510. The van der Waals surface area contributed by atoms with Crippen molar-refractivity contribution < 1.29 is 29.6 Å². The lowest BCUT2D eigenvalue weighted by Crippen LogP contribution is -2.44. The highest BCUT2D eigenvalue weighted by molar-refractivity contribution is 7.99. The first-order valence-corrected chi connectivity index (χ1v) is 17.8. The first kappa shape index (κ1) is 37.8. The fourth-order valence-corrected chi connectivity index (χ4v) is 6.12. The lowest BCUT2D eigenvalue weighted by molar-refractivity contribution is -0.151. The molecule has 0 fully saturated rings. The zero-order valence-corrected chi connectivity index (χ0v) is 27.4. The maximum atomic E-state index is 13.5. The second-order valence-corrected chi connectivity index (χ2v) is 12.7. The van der Waals surface area contributed by atoms with Crippen LogP contribution in [-0.2, 0) is 14.3 Å². The van der Waals surface area contributed by atoms with Crippen molar-refractivity contribution in [2.24, 2.45) is 0 Å². The molecule has 0 saturated carbocycles. The largest absolute Gasteiger partial charge is 0.451 e. The second-order valence-electron chi connectivity index (χ2n) is 11.6. The summed E-state index contributed by atoms with van der Waals surface area (Å²) in [6.07, 6.45) is 13.2. The summed E-state index contributed by atoms with van der Waals surface area (Å²) in [7, 11) is 0. The zero-order chi connectivity index (χ0) is 31.8. The van der Waals surface area contributed by atoms with E-state index in [0.29, 0.717) is 6.42 Å². The maximum Gasteiger partial charge on any atom is 0.330 e. The van der Waals surface area contributed by atoms with E-state index in [1.54, 1.807) is 0 Å². The minimum absolute atomic E-state index is 0.0982. The molecular weight excluding hydrogens is 574 g/mol. The van der Waals surface area contributed by atoms with E-state index in [1.165, 1.54) is 76.0 Å². The summed E-state index contributed by atoms with van der Waals surface area (Å²) in [6.45, 7) is 1.69. The van der Waals surface area contributed by atoms with Crippen LogP contribution in [0.1, 0.15) is 114 Å². The molecule has 0 aromatic heterocycles. The van der Waals surface area contributed by atoms with Gasteiger partial charge in [-0.1, -0.05) is 145 Å². The van der Waals surface area contributed by atoms with Crippen LogP contribution in [0, 0.1) is 0 Å². The molecule has 8 heteroatoms. The quantitative estimate of drug-likeness (QED) is 0.0711. The van der Waals surface area contributed by atoms with Crippen molar-refractivity contribution in [1.29, 1.82) is 0 Å². The SMILES string of the molecule is CCCCCCCCCCCCCCCC(=O)N[C@@H](CSC[C@H](O)[C@H](O)CO)C(=O)OC(c1ccccc1)c1ccccc1. The van der Waals surface area contributed by atoms with Gasteiger partial charge in [-0.3, -0.25) is 4.79 Å². The molecule has 2 aromatic carbocycles. The van der Waals surface area contributed by atoms with Crippen molar-refractivity contribution in [3.05, 3.63) is 71.8 Å². The van der Waals surface area contributed by atoms with Gasteiger partial charge in [-0.25, -0.2) is 4.79 Å². The number of ether oxygens (including phenoxy) is 1. The van der Waals surface area contributed by atoms with Gasteiger partial charge in [-0.05, 0) is 17.5 Å². The van der Waals surface area contributed by atoms with Gasteiger partial charge in [-0.2, -0.15) is 11.8 Å². The average Bonchev–Trinajstić information content (AvgIpc) is 3.05. The topological polar surface area (TPSA) is 116 Å². The Morgan fingerprint density at radius 2 is 1.18 bits per heavy atom. The summed E-state index contributed by atoms with van der Waals surface area (Å²) < 4.78 is 6.02. The monoisotopic (exact) mass is 629 g/mol. The number of hydrogen-bond acceptors (Lipinski definition) is 7. The number of esters is 1. The van der Waals surface area contributed by atoms with Gasteiger partial charge in [0.25, 0.3) is 0 Å². The summed E-state index contributed by atoms with van der Waals surface area (Å²) in [6, 6.07) is 18.0. The fourth-order valence-electron chi connectivity index (χ4n) is 5.06. The molecule has 0 unspecified atom stereocenters. The first-order chi connectivity index (χ1) is 21.5. The van der Waals surface area contributed by atoms with E-state index in [1.807, 2.05) is 60.7 Å². The molecule has 0 aliphatic heterocycles. The molecule has 3 atom stereocenters. The van der Waals surface area contributed by atoms with Crippen LogP contribution < -0.4 is 5.32 Å². The number of aliphatic hydroxyl groups is 3. The van der Waals surface area contributed by atoms with E-state index in [4.69, 9.17) is 9.84 Å². The Kier molecular flexibility index (Phi) is 20.5. The Balaban J connectivity index is 1.85. The van der Waals surface area contributed by atoms with Crippen molar-refractivity contribution in [1.82, 2.24) is 5.32 Å². The number of aliphatic hydroxyl groups excluding tert-OH is 3. The molecule has 246 valence electrons. The highest BCUT2D eigenvalue weighted by Gasteiger charge is 2.28. The minimum atomic E-state index is -1.27. The van der Waals surface area contributed by atoms with Gasteiger partial charge < -0.3 is 25.4 Å². The molecule has 0 saturated heterocycles. The van der Waals surface area contributed by atoms with Crippen molar-refractivity contribution in [3.8, 4) is 0 Å². The number of amides is 1. The van der Waals surface area contributed by atoms with Crippen molar-refractivity contribution in [3.63, 3.8) is 0 Å². The number of thioether (sulfide) groups is 1. The van der Waals surface area contributed by atoms with Crippen LogP contribution in [0.3, 0.4) is 0 Å². The van der Waals surface area contributed by atoms with Crippen LogP contribution in [0.15, 0.2) is 60.7 Å². The molecule has 0 aliphatic carbocycles. The summed E-state index contributed by atoms with van der Waals surface area (Å²) in [4.78, 5) is 26.4. The van der Waals surface area contributed by atoms with E-state index >= 15 is 0 Å². The van der Waals surface area contributed by atoms with E-state index in [2.05, 4.69) is 12.2 Å². The summed E-state index contributed by atoms with van der Waals surface area (Å²) in [5.41, 5.74) is 1.64. The number of rotatable bonds is 25. The molecule has 1 amide bonds. The standard InChI is InChI=1S/C36H55NO6S/c1-2-3-4-5-6-7-8-9-10-11-12-13-20-25-34(41)37-31(27-44-28-33(40)32(39)26-38)36(42)43-35(29-21-16-14-17-22-29)30-23-18-15-19-24-30/h14-19,21-24,31-33,35,38-40H,2-13,20,25-28H2,1H3,(H,37,41)/t31-,32+,33-/m0/s1. The Morgan fingerprint density at radius 3 is 1.66 bits per heavy atom. The number of carbonyl (C=O) groups excluding carboxylic acids is 2. The minimum Gasteiger partial charge on any atom is -0.451 e. The maximum absolute atomic E-state index is 13.5. The Bertz CT molecular complexity index is 969. The van der Waals surface area contributed by atoms with Crippen LogP contribution in [0.2, 0.25) is 0 Å². The van der Waals surface area contributed by atoms with Crippen molar-refractivity contribution in [2.45, 2.75) is 121 Å². The molecule has 0 heterocycles. The number of hydrogen-bond donors (Lipinski definition) is 4. The van der Waals surface area contributed by atoms with Gasteiger partial charge >= 0.3 is 5.97 Å². The molecule has 0 aliphatic rings. The predicted molar refractivity (Wildman–Crippen MR) is 179 cm³/mol. The third kappa shape index (κ3) is 16.1. The van der Waals surface area contributed by atoms with Crippen molar-refractivity contribution in [2.75, 3.05) is 18.1 Å². The van der Waals surface area contributed by atoms with Gasteiger partial charge in [0.15, 0.2) is 6.10 Å². The van der Waals surface area contributed by atoms with Crippen LogP contribution in [-0.4, -0.2) is 63.6 Å². The fraction of sp³-hybridized carbons (Fsp3) is 0.611. The Labute approximate surface area is 269 Å². The average molecular weight is 630 g/mol. The number of carbonyl (C=O) groups is 2. The van der Waals surface area contributed by atoms with Gasteiger partial charge in [0.05, 0.1) is 12.7 Å². The highest BCUT2D eigenvalue weighted by Crippen LogP contribution is 2.27. The Morgan fingerprint density at radius 1 is 0.705 bits per heavy atom. The molecule has 0 radical (unpaired) electrons. The summed E-state index contributed by atoms with van der Waals surface area (Å²) in [5, 5.41) is 31.7. The normalized spacial score (nSPS) is 13.4. The summed E-state index contributed by atoms with van der Waals surface area (Å²) >= 11 is 1.21. The molecule has 0 spiro atoms. The van der Waals surface area contributed by atoms with Gasteiger partial charge in [0.2, 0.25) is 5.91 Å². The van der Waals surface area contributed by atoms with Crippen molar-refractivity contribution >= 4 is 23.6 Å². The lowest BCUT2D eigenvalue weighted by atomic mass is 10.0. The zero-order valence-electron chi connectivity index (χ0n) is 26.6. The molecule has 0 bridgehead atoms. The third-order valence-electron chi connectivity index (χ3n) is 7.77. The predicted octanol–water partition coefficient (Wildman–Crippen LogP) is 6.73. The molecule has 2 rings (SSSR count). The first-order valence-electron chi connectivity index (χ1n) is 16.6. The number of unbranched alkanes of at least 4 members (excludes halogenated alkanes) is 12. The van der Waals surface area contributed by atoms with Crippen LogP contribution >= 0.6 is 11.8 Å². The molecule has 44 heavy (non-hydrogen) atoms. The lowest BCUT2D eigenvalue weighted by Gasteiger charge is -2.24. The van der Waals surface area contributed by atoms with E-state index in [0.717, 1.165) is 30.4 Å². The van der Waals surface area contributed by atoms with E-state index in [-0.39, 0.29) is 17.4 Å². The molecular formula is C36H55NO6S. The number of nitrogens with one attached hydrogen (secondary N) is 1. The van der Waals surface area contributed by atoms with Crippen LogP contribution in [0.5, 0.6) is 0 Å². The van der Waals surface area contributed by atoms with Gasteiger partial charge in [0.1, 0.15) is 12.1 Å². The number of benzene rings is 2. The van der Waals surface area contributed by atoms with Gasteiger partial charge in [0, 0.05) is 17.9 Å². The third-order valence-corrected chi connectivity index (χ3v) is 8.92. The highest BCUT2D eigenvalue weighted by atomic mass is 32.2. The van der Waals surface area contributed by atoms with E-state index in [9.17, 15) is 19.8 Å². The second kappa shape index (κ2) is 23.9. The molecule has 7 nitrogen and oxygen atoms in total. The molecule has 2 aromatic rings. The van der Waals surface area contributed by atoms with E-state index < -0.39 is 36.9 Å². The smallest absolute Gasteiger partial charge is 0.330 e. The Hall–Kier alpha value is -2.39. The van der Waals surface area contributed by atoms with Crippen LogP contribution in [0.25, 0.3) is 0 Å². The molecule has 4 N–H and O–H groups in total.